The molecular weight excluding hydrogens is 392 g/mol. The number of hydrogen-bond acceptors (Lipinski definition) is 8. The standard InChI is InChI=1S/C22H42O8/c1-4-7-9-12-20(25)27-14-18(23)16-29-22(11-6-3)30-17-19(24)15-28-21(26)13-10-8-5-2/h18-19,22-24H,4-17H2,1-3H3. The second-order valence-corrected chi connectivity index (χ2v) is 7.47. The van der Waals surface area contributed by atoms with Crippen molar-refractivity contribution in [2.24, 2.45) is 0 Å². The number of esters is 2. The molecule has 0 rings (SSSR count). The Kier molecular flexibility index (Phi) is 18.9. The molecule has 2 unspecified atom stereocenters. The number of aliphatic hydroxyl groups excluding tert-OH is 2. The average molecular weight is 435 g/mol. The quantitative estimate of drug-likeness (QED) is 0.171. The Bertz CT molecular complexity index is 393. The van der Waals surface area contributed by atoms with Crippen LogP contribution in [0.5, 0.6) is 0 Å². The molecule has 2 N–H and O–H groups in total. The van der Waals surface area contributed by atoms with Crippen LogP contribution in [0.3, 0.4) is 0 Å². The minimum atomic E-state index is -0.947. The van der Waals surface area contributed by atoms with Crippen molar-refractivity contribution in [2.45, 2.75) is 103 Å². The van der Waals surface area contributed by atoms with Crippen molar-refractivity contribution in [1.82, 2.24) is 0 Å². The normalized spacial score (nSPS) is 14.2. The number of aliphatic hydroxyl groups is 2. The van der Waals surface area contributed by atoms with Crippen LogP contribution in [0.2, 0.25) is 0 Å². The summed E-state index contributed by atoms with van der Waals surface area (Å²) in [6.45, 7) is 5.73. The van der Waals surface area contributed by atoms with E-state index in [9.17, 15) is 19.8 Å². The van der Waals surface area contributed by atoms with Crippen LogP contribution in [0.4, 0.5) is 0 Å². The van der Waals surface area contributed by atoms with E-state index in [0.717, 1.165) is 44.9 Å². The van der Waals surface area contributed by atoms with Crippen molar-refractivity contribution in [3.63, 3.8) is 0 Å². The van der Waals surface area contributed by atoms with Crippen LogP contribution in [0.15, 0.2) is 0 Å². The lowest BCUT2D eigenvalue weighted by atomic mass is 10.2. The molecule has 0 radical (unpaired) electrons. The SMILES string of the molecule is CCCCCC(=O)OCC(O)COC(CCC)OCC(O)COC(=O)CCCCC. The molecule has 0 heterocycles. The summed E-state index contributed by atoms with van der Waals surface area (Å²) in [5.41, 5.74) is 0. The Morgan fingerprint density at radius 3 is 1.47 bits per heavy atom. The zero-order valence-corrected chi connectivity index (χ0v) is 19.0. The maximum absolute atomic E-state index is 11.6. The Labute approximate surface area is 181 Å². The van der Waals surface area contributed by atoms with Gasteiger partial charge in [0.2, 0.25) is 0 Å². The molecule has 0 aliphatic heterocycles. The summed E-state index contributed by atoms with van der Waals surface area (Å²) in [5, 5.41) is 19.9. The van der Waals surface area contributed by atoms with Crippen molar-refractivity contribution in [2.75, 3.05) is 26.4 Å². The Balaban J connectivity index is 4.02. The Morgan fingerprint density at radius 2 is 1.10 bits per heavy atom. The molecule has 0 amide bonds. The fourth-order valence-corrected chi connectivity index (χ4v) is 2.54. The molecule has 0 aromatic carbocycles. The molecule has 0 aliphatic carbocycles. The lowest BCUT2D eigenvalue weighted by Gasteiger charge is -2.21. The molecule has 0 aromatic rings. The van der Waals surface area contributed by atoms with Crippen LogP contribution >= 0.6 is 0 Å². The van der Waals surface area contributed by atoms with Gasteiger partial charge in [-0.1, -0.05) is 52.9 Å². The van der Waals surface area contributed by atoms with Crippen molar-refractivity contribution < 1.29 is 38.7 Å². The molecule has 0 aliphatic rings. The number of carbonyl (C=O) groups excluding carboxylic acids is 2. The highest BCUT2D eigenvalue weighted by atomic mass is 16.7. The second-order valence-electron chi connectivity index (χ2n) is 7.47. The third-order valence-corrected chi connectivity index (χ3v) is 4.32. The largest absolute Gasteiger partial charge is 0.463 e. The minimum Gasteiger partial charge on any atom is -0.463 e. The second kappa shape index (κ2) is 19.7. The fourth-order valence-electron chi connectivity index (χ4n) is 2.54. The van der Waals surface area contributed by atoms with E-state index in [1.54, 1.807) is 0 Å². The highest BCUT2D eigenvalue weighted by Crippen LogP contribution is 2.08. The van der Waals surface area contributed by atoms with Gasteiger partial charge in [-0.05, 0) is 19.3 Å². The van der Waals surface area contributed by atoms with Crippen LogP contribution in [0, 0.1) is 0 Å². The first-order valence-corrected chi connectivity index (χ1v) is 11.3. The Morgan fingerprint density at radius 1 is 0.667 bits per heavy atom. The van der Waals surface area contributed by atoms with E-state index in [0.29, 0.717) is 19.3 Å². The first-order valence-electron chi connectivity index (χ1n) is 11.3. The van der Waals surface area contributed by atoms with E-state index in [4.69, 9.17) is 18.9 Å². The number of hydrogen-bond donors (Lipinski definition) is 2. The van der Waals surface area contributed by atoms with Gasteiger partial charge in [0.15, 0.2) is 6.29 Å². The molecule has 0 fully saturated rings. The topological polar surface area (TPSA) is 112 Å². The summed E-state index contributed by atoms with van der Waals surface area (Å²) in [4.78, 5) is 23.1. The smallest absolute Gasteiger partial charge is 0.305 e. The van der Waals surface area contributed by atoms with E-state index in [1.165, 1.54) is 0 Å². The van der Waals surface area contributed by atoms with Gasteiger partial charge in [0, 0.05) is 12.8 Å². The summed E-state index contributed by atoms with van der Waals surface area (Å²) in [7, 11) is 0. The highest BCUT2D eigenvalue weighted by Gasteiger charge is 2.16. The molecule has 0 bridgehead atoms. The predicted octanol–water partition coefficient (Wildman–Crippen LogP) is 3.11. The first kappa shape index (κ1) is 28.8. The van der Waals surface area contributed by atoms with E-state index in [-0.39, 0.29) is 38.4 Å². The van der Waals surface area contributed by atoms with E-state index in [1.807, 2.05) is 6.92 Å². The molecule has 0 aromatic heterocycles. The van der Waals surface area contributed by atoms with Gasteiger partial charge in [-0.3, -0.25) is 9.59 Å². The van der Waals surface area contributed by atoms with Crippen LogP contribution in [-0.4, -0.2) is 67.1 Å². The summed E-state index contributed by atoms with van der Waals surface area (Å²) in [6, 6.07) is 0. The molecule has 0 spiro atoms. The van der Waals surface area contributed by atoms with Crippen LogP contribution in [0.25, 0.3) is 0 Å². The third-order valence-electron chi connectivity index (χ3n) is 4.32. The summed E-state index contributed by atoms with van der Waals surface area (Å²) < 4.78 is 21.1. The molecule has 0 saturated carbocycles. The maximum Gasteiger partial charge on any atom is 0.305 e. The predicted molar refractivity (Wildman–Crippen MR) is 113 cm³/mol. The van der Waals surface area contributed by atoms with Crippen LogP contribution in [-0.2, 0) is 28.5 Å². The molecule has 8 nitrogen and oxygen atoms in total. The average Bonchev–Trinajstić information content (AvgIpc) is 2.73. The van der Waals surface area contributed by atoms with Gasteiger partial charge in [0.1, 0.15) is 25.4 Å². The molecule has 178 valence electrons. The lowest BCUT2D eigenvalue weighted by Crippen LogP contribution is -2.31. The zero-order valence-electron chi connectivity index (χ0n) is 19.0. The van der Waals surface area contributed by atoms with E-state index in [2.05, 4.69) is 13.8 Å². The van der Waals surface area contributed by atoms with Gasteiger partial charge in [-0.2, -0.15) is 0 Å². The van der Waals surface area contributed by atoms with Gasteiger partial charge in [-0.25, -0.2) is 0 Å². The zero-order chi connectivity index (χ0) is 22.6. The summed E-state index contributed by atoms with van der Waals surface area (Å²) in [5.74, 6) is -0.646. The minimum absolute atomic E-state index is 0.0462. The monoisotopic (exact) mass is 434 g/mol. The van der Waals surface area contributed by atoms with Gasteiger partial charge in [0.05, 0.1) is 13.2 Å². The molecule has 2 atom stereocenters. The number of carbonyl (C=O) groups is 2. The number of unbranched alkanes of at least 4 members (excludes halogenated alkanes) is 4. The Hall–Kier alpha value is -1.22. The van der Waals surface area contributed by atoms with Crippen molar-refractivity contribution in [3.05, 3.63) is 0 Å². The highest BCUT2D eigenvalue weighted by molar-refractivity contribution is 5.69. The van der Waals surface area contributed by atoms with Gasteiger partial charge < -0.3 is 29.2 Å². The van der Waals surface area contributed by atoms with E-state index >= 15 is 0 Å². The first-order chi connectivity index (χ1) is 14.4. The van der Waals surface area contributed by atoms with Crippen molar-refractivity contribution >= 4 is 11.9 Å². The maximum atomic E-state index is 11.6. The molecule has 30 heavy (non-hydrogen) atoms. The van der Waals surface area contributed by atoms with Gasteiger partial charge in [-0.15, -0.1) is 0 Å². The third kappa shape index (κ3) is 17.6. The van der Waals surface area contributed by atoms with Crippen molar-refractivity contribution in [3.8, 4) is 0 Å². The van der Waals surface area contributed by atoms with Crippen LogP contribution < -0.4 is 0 Å². The number of ether oxygens (including phenoxy) is 4. The van der Waals surface area contributed by atoms with Crippen LogP contribution in [0.1, 0.15) is 85.0 Å². The molecule has 0 saturated heterocycles. The van der Waals surface area contributed by atoms with E-state index < -0.39 is 18.5 Å². The molecular formula is C22H42O8. The lowest BCUT2D eigenvalue weighted by molar-refractivity contribution is -0.183. The van der Waals surface area contributed by atoms with Crippen molar-refractivity contribution in [1.29, 1.82) is 0 Å². The molecule has 8 heteroatoms. The van der Waals surface area contributed by atoms with Gasteiger partial charge >= 0.3 is 11.9 Å². The number of rotatable bonds is 20. The fraction of sp³-hybridized carbons (Fsp3) is 0.909. The van der Waals surface area contributed by atoms with Gasteiger partial charge in [0.25, 0.3) is 0 Å². The summed E-state index contributed by atoms with van der Waals surface area (Å²) in [6.07, 6.45) is 5.12. The summed E-state index contributed by atoms with van der Waals surface area (Å²) >= 11 is 0.